The number of anilines is 1. The Kier molecular flexibility index (Phi) is 4.89. The van der Waals surface area contributed by atoms with E-state index in [1.807, 2.05) is 30.3 Å². The summed E-state index contributed by atoms with van der Waals surface area (Å²) in [6.45, 7) is 11.4. The molecular formula is C19H26N8. The summed E-state index contributed by atoms with van der Waals surface area (Å²) in [5.41, 5.74) is 0.976. The first kappa shape index (κ1) is 17.7. The van der Waals surface area contributed by atoms with E-state index in [4.69, 9.17) is 0 Å². The van der Waals surface area contributed by atoms with E-state index in [2.05, 4.69) is 55.4 Å². The molecular weight excluding hydrogens is 340 g/mol. The van der Waals surface area contributed by atoms with E-state index in [0.29, 0.717) is 17.7 Å². The molecule has 0 aliphatic carbocycles. The molecule has 4 rings (SSSR count). The minimum Gasteiger partial charge on any atom is -0.338 e. The van der Waals surface area contributed by atoms with Gasteiger partial charge in [0.2, 0.25) is 17.6 Å². The maximum Gasteiger partial charge on any atom is 0.227 e. The van der Waals surface area contributed by atoms with Gasteiger partial charge in [-0.05, 0) is 32.5 Å². The zero-order valence-corrected chi connectivity index (χ0v) is 16.2. The van der Waals surface area contributed by atoms with Gasteiger partial charge in [-0.1, -0.05) is 25.1 Å². The average molecular weight is 366 g/mol. The number of rotatable bonds is 5. The highest BCUT2D eigenvalue weighted by atomic mass is 15.4. The third kappa shape index (κ3) is 3.32. The van der Waals surface area contributed by atoms with Crippen LogP contribution in [0.2, 0.25) is 0 Å². The van der Waals surface area contributed by atoms with Gasteiger partial charge in [0.25, 0.3) is 0 Å². The molecule has 0 spiro atoms. The number of piperazine rings is 1. The van der Waals surface area contributed by atoms with Crippen molar-refractivity contribution in [3.8, 4) is 17.3 Å². The maximum absolute atomic E-state index is 4.61. The Hall–Kier alpha value is -2.74. The average Bonchev–Trinajstić information content (AvgIpc) is 3.35. The highest BCUT2D eigenvalue weighted by Gasteiger charge is 2.27. The molecule has 1 saturated heterocycles. The Bertz CT molecular complexity index is 884. The SMILES string of the molecule is CCN1CCN(c2nnc(-c3ncn(-c4ccccc4)n3)n2CC)CC1C. The van der Waals surface area contributed by atoms with Crippen LogP contribution in [-0.2, 0) is 6.54 Å². The molecule has 1 atom stereocenters. The van der Waals surface area contributed by atoms with Crippen LogP contribution < -0.4 is 4.90 Å². The van der Waals surface area contributed by atoms with Crippen molar-refractivity contribution in [1.29, 1.82) is 0 Å². The molecule has 0 bridgehead atoms. The lowest BCUT2D eigenvalue weighted by molar-refractivity contribution is 0.198. The summed E-state index contributed by atoms with van der Waals surface area (Å²) in [4.78, 5) is 9.29. The summed E-state index contributed by atoms with van der Waals surface area (Å²) in [5, 5.41) is 13.5. The Balaban J connectivity index is 1.61. The minimum absolute atomic E-state index is 0.504. The van der Waals surface area contributed by atoms with Crippen molar-refractivity contribution in [3.63, 3.8) is 0 Å². The van der Waals surface area contributed by atoms with Crippen molar-refractivity contribution in [2.24, 2.45) is 0 Å². The van der Waals surface area contributed by atoms with Crippen LogP contribution in [0.15, 0.2) is 36.7 Å². The van der Waals surface area contributed by atoms with Crippen molar-refractivity contribution < 1.29 is 0 Å². The number of hydrogen-bond donors (Lipinski definition) is 0. The van der Waals surface area contributed by atoms with E-state index in [-0.39, 0.29) is 0 Å². The molecule has 0 radical (unpaired) electrons. The fraction of sp³-hybridized carbons (Fsp3) is 0.474. The van der Waals surface area contributed by atoms with Crippen molar-refractivity contribution in [3.05, 3.63) is 36.7 Å². The van der Waals surface area contributed by atoms with Crippen LogP contribution in [0.3, 0.4) is 0 Å². The molecule has 8 nitrogen and oxygen atoms in total. The second-order valence-electron chi connectivity index (χ2n) is 6.84. The predicted molar refractivity (Wildman–Crippen MR) is 105 cm³/mol. The quantitative estimate of drug-likeness (QED) is 0.689. The van der Waals surface area contributed by atoms with Crippen LogP contribution in [-0.4, -0.2) is 66.6 Å². The maximum atomic E-state index is 4.61. The molecule has 3 heterocycles. The molecule has 1 fully saturated rings. The van der Waals surface area contributed by atoms with Gasteiger partial charge < -0.3 is 4.90 Å². The van der Waals surface area contributed by atoms with E-state index in [9.17, 15) is 0 Å². The summed E-state index contributed by atoms with van der Waals surface area (Å²) in [5.74, 6) is 2.22. The highest BCUT2D eigenvalue weighted by molar-refractivity contribution is 5.49. The van der Waals surface area contributed by atoms with Gasteiger partial charge in [0.15, 0.2) is 0 Å². The molecule has 1 aromatic carbocycles. The van der Waals surface area contributed by atoms with Crippen LogP contribution >= 0.6 is 0 Å². The molecule has 2 aromatic heterocycles. The number of hydrogen-bond acceptors (Lipinski definition) is 6. The summed E-state index contributed by atoms with van der Waals surface area (Å²) in [6.07, 6.45) is 1.72. The number of benzene rings is 1. The van der Waals surface area contributed by atoms with Gasteiger partial charge in [-0.25, -0.2) is 9.67 Å². The second kappa shape index (κ2) is 7.48. The number of likely N-dealkylation sites (N-methyl/N-ethyl adjacent to an activating group) is 1. The van der Waals surface area contributed by atoms with Crippen LogP contribution in [0, 0.1) is 0 Å². The summed E-state index contributed by atoms with van der Waals surface area (Å²) < 4.78 is 3.88. The second-order valence-corrected chi connectivity index (χ2v) is 6.84. The van der Waals surface area contributed by atoms with Gasteiger partial charge in [0.1, 0.15) is 6.33 Å². The minimum atomic E-state index is 0.504. The zero-order valence-electron chi connectivity index (χ0n) is 16.2. The first-order chi connectivity index (χ1) is 13.2. The van der Waals surface area contributed by atoms with Crippen molar-refractivity contribution in [2.75, 3.05) is 31.1 Å². The Morgan fingerprint density at radius 3 is 2.56 bits per heavy atom. The topological polar surface area (TPSA) is 67.9 Å². The molecule has 27 heavy (non-hydrogen) atoms. The van der Waals surface area contributed by atoms with Gasteiger partial charge in [0, 0.05) is 32.2 Å². The Labute approximate surface area is 159 Å². The van der Waals surface area contributed by atoms with Crippen LogP contribution in [0.1, 0.15) is 20.8 Å². The molecule has 1 aliphatic heterocycles. The third-order valence-electron chi connectivity index (χ3n) is 5.21. The third-order valence-corrected chi connectivity index (χ3v) is 5.21. The molecule has 1 aliphatic rings. The lowest BCUT2D eigenvalue weighted by Crippen LogP contribution is -2.52. The molecule has 0 amide bonds. The lowest BCUT2D eigenvalue weighted by Gasteiger charge is -2.39. The zero-order chi connectivity index (χ0) is 18.8. The van der Waals surface area contributed by atoms with Gasteiger partial charge >= 0.3 is 0 Å². The molecule has 3 aromatic rings. The van der Waals surface area contributed by atoms with Gasteiger partial charge in [-0.2, -0.15) is 0 Å². The molecule has 8 heteroatoms. The Morgan fingerprint density at radius 1 is 1.04 bits per heavy atom. The van der Waals surface area contributed by atoms with Crippen LogP contribution in [0.25, 0.3) is 17.3 Å². The van der Waals surface area contributed by atoms with Crippen molar-refractivity contribution in [2.45, 2.75) is 33.4 Å². The fourth-order valence-electron chi connectivity index (χ4n) is 3.70. The van der Waals surface area contributed by atoms with E-state index >= 15 is 0 Å². The number of aromatic nitrogens is 6. The molecule has 0 N–H and O–H groups in total. The lowest BCUT2D eigenvalue weighted by atomic mass is 10.2. The van der Waals surface area contributed by atoms with Gasteiger partial charge in [-0.3, -0.25) is 9.47 Å². The standard InChI is InChI=1S/C19H26N8/c1-4-24-11-12-25(13-15(24)3)19-22-21-18(26(19)5-2)17-20-14-27(23-17)16-9-7-6-8-10-16/h6-10,14-15H,4-5,11-13H2,1-3H3. The fourth-order valence-corrected chi connectivity index (χ4v) is 3.70. The molecule has 1 unspecified atom stereocenters. The summed E-state index contributed by atoms with van der Waals surface area (Å²) in [7, 11) is 0. The normalized spacial score (nSPS) is 18.2. The van der Waals surface area contributed by atoms with Crippen LogP contribution in [0.4, 0.5) is 5.95 Å². The smallest absolute Gasteiger partial charge is 0.227 e. The first-order valence-corrected chi connectivity index (χ1v) is 9.61. The molecule has 0 saturated carbocycles. The Morgan fingerprint density at radius 2 is 1.85 bits per heavy atom. The largest absolute Gasteiger partial charge is 0.338 e. The summed E-state index contributed by atoms with van der Waals surface area (Å²) >= 11 is 0. The van der Waals surface area contributed by atoms with E-state index < -0.39 is 0 Å². The predicted octanol–water partition coefficient (Wildman–Crippen LogP) is 2.08. The van der Waals surface area contributed by atoms with Crippen molar-refractivity contribution >= 4 is 5.95 Å². The summed E-state index contributed by atoms with van der Waals surface area (Å²) in [6, 6.07) is 10.5. The van der Waals surface area contributed by atoms with E-state index in [1.54, 1.807) is 11.0 Å². The van der Waals surface area contributed by atoms with E-state index in [1.165, 1.54) is 0 Å². The van der Waals surface area contributed by atoms with Gasteiger partial charge in [0.05, 0.1) is 5.69 Å². The monoisotopic (exact) mass is 366 g/mol. The van der Waals surface area contributed by atoms with Crippen LogP contribution in [0.5, 0.6) is 0 Å². The first-order valence-electron chi connectivity index (χ1n) is 9.61. The highest BCUT2D eigenvalue weighted by Crippen LogP contribution is 2.23. The van der Waals surface area contributed by atoms with Gasteiger partial charge in [-0.15, -0.1) is 15.3 Å². The number of nitrogens with zero attached hydrogens (tertiary/aromatic N) is 8. The molecule has 142 valence electrons. The number of para-hydroxylation sites is 1. The van der Waals surface area contributed by atoms with E-state index in [0.717, 1.165) is 44.4 Å². The van der Waals surface area contributed by atoms with Crippen molar-refractivity contribution in [1.82, 2.24) is 34.4 Å².